The van der Waals surface area contributed by atoms with E-state index in [0.717, 1.165) is 31.1 Å². The van der Waals surface area contributed by atoms with E-state index in [4.69, 9.17) is 11.6 Å². The zero-order chi connectivity index (χ0) is 13.4. The minimum atomic E-state index is 0.579. The van der Waals surface area contributed by atoms with Crippen molar-refractivity contribution < 1.29 is 0 Å². The fourth-order valence-corrected chi connectivity index (χ4v) is 2.32. The summed E-state index contributed by atoms with van der Waals surface area (Å²) in [5, 5.41) is 4.31. The molecule has 18 heavy (non-hydrogen) atoms. The quantitative estimate of drug-likeness (QED) is 0.726. The molecular formula is C15H25ClN2. The van der Waals surface area contributed by atoms with Crippen LogP contribution in [0.25, 0.3) is 0 Å². The van der Waals surface area contributed by atoms with Crippen LogP contribution < -0.4 is 5.32 Å². The molecule has 3 heteroatoms. The first-order valence-corrected chi connectivity index (χ1v) is 7.20. The van der Waals surface area contributed by atoms with Crippen LogP contribution in [0.4, 0.5) is 0 Å². The standard InChI is InChI=1S/C15H25ClN2/c1-4-9-17-11-15(5-2)18(3)12-13-7-6-8-14(16)10-13/h6-8,10,15,17H,4-5,9,11-12H2,1-3H3. The first kappa shape index (κ1) is 15.5. The predicted molar refractivity (Wildman–Crippen MR) is 80.2 cm³/mol. The molecule has 1 atom stereocenters. The van der Waals surface area contributed by atoms with Gasteiger partial charge in [0.2, 0.25) is 0 Å². The van der Waals surface area contributed by atoms with Crippen molar-refractivity contribution in [3.05, 3.63) is 34.9 Å². The van der Waals surface area contributed by atoms with Crippen LogP contribution >= 0.6 is 11.6 Å². The molecule has 0 radical (unpaired) electrons. The van der Waals surface area contributed by atoms with Crippen LogP contribution in [-0.2, 0) is 6.54 Å². The van der Waals surface area contributed by atoms with Crippen molar-refractivity contribution in [2.45, 2.75) is 39.3 Å². The van der Waals surface area contributed by atoms with Crippen LogP contribution in [0.5, 0.6) is 0 Å². The van der Waals surface area contributed by atoms with Gasteiger partial charge in [-0.05, 0) is 44.1 Å². The van der Waals surface area contributed by atoms with Gasteiger partial charge in [0.1, 0.15) is 0 Å². The van der Waals surface area contributed by atoms with Gasteiger partial charge in [-0.2, -0.15) is 0 Å². The summed E-state index contributed by atoms with van der Waals surface area (Å²) < 4.78 is 0. The predicted octanol–water partition coefficient (Wildman–Crippen LogP) is 3.55. The van der Waals surface area contributed by atoms with E-state index < -0.39 is 0 Å². The van der Waals surface area contributed by atoms with Gasteiger partial charge in [-0.25, -0.2) is 0 Å². The Hall–Kier alpha value is -0.570. The second-order valence-electron chi connectivity index (χ2n) is 4.81. The summed E-state index contributed by atoms with van der Waals surface area (Å²) in [6.07, 6.45) is 2.35. The highest BCUT2D eigenvalue weighted by molar-refractivity contribution is 6.30. The summed E-state index contributed by atoms with van der Waals surface area (Å²) in [4.78, 5) is 2.40. The Bertz CT molecular complexity index is 341. The first-order valence-electron chi connectivity index (χ1n) is 6.82. The molecule has 102 valence electrons. The highest BCUT2D eigenvalue weighted by atomic mass is 35.5. The third kappa shape index (κ3) is 5.38. The van der Waals surface area contributed by atoms with E-state index in [1.54, 1.807) is 0 Å². The maximum Gasteiger partial charge on any atom is 0.0409 e. The monoisotopic (exact) mass is 268 g/mol. The van der Waals surface area contributed by atoms with E-state index in [0.29, 0.717) is 6.04 Å². The lowest BCUT2D eigenvalue weighted by Gasteiger charge is -2.27. The number of nitrogens with one attached hydrogen (secondary N) is 1. The van der Waals surface area contributed by atoms with E-state index in [9.17, 15) is 0 Å². The maximum absolute atomic E-state index is 6.01. The van der Waals surface area contributed by atoms with Crippen LogP contribution in [0.2, 0.25) is 5.02 Å². The van der Waals surface area contributed by atoms with E-state index in [1.165, 1.54) is 12.0 Å². The number of hydrogen-bond donors (Lipinski definition) is 1. The fraction of sp³-hybridized carbons (Fsp3) is 0.600. The molecule has 0 spiro atoms. The van der Waals surface area contributed by atoms with Gasteiger partial charge in [0.15, 0.2) is 0 Å². The molecular weight excluding hydrogens is 244 g/mol. The lowest BCUT2D eigenvalue weighted by molar-refractivity contribution is 0.221. The zero-order valence-corrected chi connectivity index (χ0v) is 12.5. The van der Waals surface area contributed by atoms with Gasteiger partial charge in [0.05, 0.1) is 0 Å². The van der Waals surface area contributed by atoms with Crippen molar-refractivity contribution in [3.63, 3.8) is 0 Å². The maximum atomic E-state index is 6.01. The number of rotatable bonds is 8. The largest absolute Gasteiger partial charge is 0.315 e. The van der Waals surface area contributed by atoms with Crippen molar-refractivity contribution in [2.24, 2.45) is 0 Å². The Balaban J connectivity index is 2.48. The number of halogens is 1. The third-order valence-corrected chi connectivity index (χ3v) is 3.46. The van der Waals surface area contributed by atoms with Crippen molar-refractivity contribution >= 4 is 11.6 Å². The van der Waals surface area contributed by atoms with Crippen molar-refractivity contribution in [3.8, 4) is 0 Å². The average molecular weight is 269 g/mol. The molecule has 0 saturated heterocycles. The Morgan fingerprint density at radius 2 is 2.11 bits per heavy atom. The number of benzene rings is 1. The molecule has 0 aliphatic heterocycles. The fourth-order valence-electron chi connectivity index (χ4n) is 2.11. The summed E-state index contributed by atoms with van der Waals surface area (Å²) >= 11 is 6.01. The molecule has 0 aliphatic carbocycles. The molecule has 1 aromatic rings. The number of nitrogens with zero attached hydrogens (tertiary/aromatic N) is 1. The Morgan fingerprint density at radius 3 is 2.72 bits per heavy atom. The minimum absolute atomic E-state index is 0.579. The minimum Gasteiger partial charge on any atom is -0.315 e. The second kappa shape index (κ2) is 8.52. The molecule has 1 aromatic carbocycles. The molecule has 0 amide bonds. The summed E-state index contributed by atoms with van der Waals surface area (Å²) in [5.41, 5.74) is 1.28. The van der Waals surface area contributed by atoms with Gasteiger partial charge in [-0.3, -0.25) is 4.90 Å². The highest BCUT2D eigenvalue weighted by Crippen LogP contribution is 2.13. The van der Waals surface area contributed by atoms with Gasteiger partial charge in [0, 0.05) is 24.2 Å². The molecule has 0 aliphatic rings. The molecule has 1 N–H and O–H groups in total. The van der Waals surface area contributed by atoms with Crippen LogP contribution in [0.15, 0.2) is 24.3 Å². The van der Waals surface area contributed by atoms with Gasteiger partial charge in [0.25, 0.3) is 0 Å². The molecule has 0 saturated carbocycles. The van der Waals surface area contributed by atoms with E-state index >= 15 is 0 Å². The number of likely N-dealkylation sites (N-methyl/N-ethyl adjacent to an activating group) is 1. The van der Waals surface area contributed by atoms with Crippen LogP contribution in [0.1, 0.15) is 32.3 Å². The Morgan fingerprint density at radius 1 is 1.33 bits per heavy atom. The molecule has 0 fully saturated rings. The first-order chi connectivity index (χ1) is 8.67. The molecule has 0 bridgehead atoms. The highest BCUT2D eigenvalue weighted by Gasteiger charge is 2.12. The average Bonchev–Trinajstić information content (AvgIpc) is 2.34. The van der Waals surface area contributed by atoms with Gasteiger partial charge >= 0.3 is 0 Å². The summed E-state index contributed by atoms with van der Waals surface area (Å²) in [5.74, 6) is 0. The van der Waals surface area contributed by atoms with E-state index in [2.05, 4.69) is 37.2 Å². The molecule has 0 aromatic heterocycles. The van der Waals surface area contributed by atoms with Crippen LogP contribution in [0.3, 0.4) is 0 Å². The lowest BCUT2D eigenvalue weighted by Crippen LogP contribution is -2.39. The second-order valence-corrected chi connectivity index (χ2v) is 5.25. The third-order valence-electron chi connectivity index (χ3n) is 3.22. The molecule has 1 unspecified atom stereocenters. The lowest BCUT2D eigenvalue weighted by atomic mass is 10.1. The zero-order valence-electron chi connectivity index (χ0n) is 11.7. The molecule has 1 rings (SSSR count). The molecule has 0 heterocycles. The summed E-state index contributed by atoms with van der Waals surface area (Å²) in [6.45, 7) is 7.55. The topological polar surface area (TPSA) is 15.3 Å². The van der Waals surface area contributed by atoms with Gasteiger partial charge in [-0.15, -0.1) is 0 Å². The van der Waals surface area contributed by atoms with Crippen LogP contribution in [0, 0.1) is 0 Å². The van der Waals surface area contributed by atoms with Crippen molar-refractivity contribution in [1.29, 1.82) is 0 Å². The SMILES string of the molecule is CCCNCC(CC)N(C)Cc1cccc(Cl)c1. The molecule has 2 nitrogen and oxygen atoms in total. The van der Waals surface area contributed by atoms with Crippen LogP contribution in [-0.4, -0.2) is 31.1 Å². The van der Waals surface area contributed by atoms with Gasteiger partial charge in [-0.1, -0.05) is 37.6 Å². The van der Waals surface area contributed by atoms with E-state index in [-0.39, 0.29) is 0 Å². The van der Waals surface area contributed by atoms with Gasteiger partial charge < -0.3 is 5.32 Å². The van der Waals surface area contributed by atoms with Crippen molar-refractivity contribution in [1.82, 2.24) is 10.2 Å². The Kier molecular flexibility index (Phi) is 7.33. The van der Waals surface area contributed by atoms with Crippen molar-refractivity contribution in [2.75, 3.05) is 20.1 Å². The summed E-state index contributed by atoms with van der Waals surface area (Å²) in [6, 6.07) is 8.70. The smallest absolute Gasteiger partial charge is 0.0409 e. The van der Waals surface area contributed by atoms with E-state index in [1.807, 2.05) is 18.2 Å². The Labute approximate surface area is 116 Å². The number of hydrogen-bond acceptors (Lipinski definition) is 2. The normalized spacial score (nSPS) is 12.9. The summed E-state index contributed by atoms with van der Waals surface area (Å²) in [7, 11) is 2.18.